The SMILES string of the molecule is CS(=O)(=O)c1ccccc1C(O)c1cccc(CCC(=O)/C(=C/C(=N)C(F)(F)F)Nc2cccc(C#N)c2)c1. The van der Waals surface area contributed by atoms with Gasteiger partial charge in [-0.2, -0.15) is 18.4 Å². The number of sulfone groups is 1. The highest BCUT2D eigenvalue weighted by atomic mass is 32.2. The number of carbonyl (C=O) groups excluding carboxylic acids is 1. The molecule has 0 saturated carbocycles. The summed E-state index contributed by atoms with van der Waals surface area (Å²) in [6, 6.07) is 20.2. The van der Waals surface area contributed by atoms with Gasteiger partial charge < -0.3 is 10.4 Å². The van der Waals surface area contributed by atoms with E-state index in [-0.39, 0.29) is 34.6 Å². The van der Waals surface area contributed by atoms with Crippen LogP contribution in [0.3, 0.4) is 0 Å². The molecular weight excluding hydrogens is 531 g/mol. The first-order chi connectivity index (χ1) is 18.3. The third kappa shape index (κ3) is 7.86. The number of alkyl halides is 3. The summed E-state index contributed by atoms with van der Waals surface area (Å²) < 4.78 is 63.4. The number of aliphatic hydroxyl groups excluding tert-OH is 1. The number of rotatable bonds is 10. The fraction of sp³-hybridized carbons (Fsp3) is 0.179. The lowest BCUT2D eigenvalue weighted by molar-refractivity contribution is -0.115. The second-order valence-electron chi connectivity index (χ2n) is 8.67. The minimum Gasteiger partial charge on any atom is -0.384 e. The second-order valence-corrected chi connectivity index (χ2v) is 10.7. The lowest BCUT2D eigenvalue weighted by Gasteiger charge is -2.16. The summed E-state index contributed by atoms with van der Waals surface area (Å²) in [6.45, 7) is 0. The summed E-state index contributed by atoms with van der Waals surface area (Å²) in [5.41, 5.74) is -0.614. The molecule has 0 radical (unpaired) electrons. The van der Waals surface area contributed by atoms with E-state index in [1.54, 1.807) is 36.4 Å². The van der Waals surface area contributed by atoms with Crippen molar-refractivity contribution in [1.82, 2.24) is 0 Å². The molecule has 39 heavy (non-hydrogen) atoms. The highest BCUT2D eigenvalue weighted by molar-refractivity contribution is 7.90. The van der Waals surface area contributed by atoms with Gasteiger partial charge in [-0.05, 0) is 47.9 Å². The van der Waals surface area contributed by atoms with Gasteiger partial charge in [-0.1, -0.05) is 48.5 Å². The zero-order chi connectivity index (χ0) is 28.8. The van der Waals surface area contributed by atoms with Crippen LogP contribution in [0.5, 0.6) is 0 Å². The van der Waals surface area contributed by atoms with E-state index in [1.165, 1.54) is 36.4 Å². The number of carbonyl (C=O) groups is 1. The number of aryl methyl sites for hydroxylation is 1. The van der Waals surface area contributed by atoms with E-state index in [0.29, 0.717) is 17.2 Å². The van der Waals surface area contributed by atoms with Crippen LogP contribution in [0.1, 0.15) is 34.8 Å². The number of allylic oxidation sites excluding steroid dienone is 2. The Morgan fingerprint density at radius 1 is 1.10 bits per heavy atom. The zero-order valence-corrected chi connectivity index (χ0v) is 21.5. The van der Waals surface area contributed by atoms with Crippen LogP contribution in [0, 0.1) is 16.7 Å². The predicted molar refractivity (Wildman–Crippen MR) is 140 cm³/mol. The molecule has 3 aromatic carbocycles. The lowest BCUT2D eigenvalue weighted by atomic mass is 9.97. The average Bonchev–Trinajstić information content (AvgIpc) is 2.90. The Hall–Kier alpha value is -4.27. The predicted octanol–water partition coefficient (Wildman–Crippen LogP) is 5.12. The van der Waals surface area contributed by atoms with Crippen molar-refractivity contribution in [3.63, 3.8) is 0 Å². The molecule has 0 amide bonds. The number of ketones is 1. The topological polar surface area (TPSA) is 131 Å². The van der Waals surface area contributed by atoms with Gasteiger partial charge in [0.15, 0.2) is 15.6 Å². The van der Waals surface area contributed by atoms with Crippen molar-refractivity contribution in [1.29, 1.82) is 10.7 Å². The lowest BCUT2D eigenvalue weighted by Crippen LogP contribution is -2.23. The summed E-state index contributed by atoms with van der Waals surface area (Å²) in [7, 11) is -3.61. The molecule has 0 aromatic heterocycles. The number of hydrogen-bond donors (Lipinski definition) is 3. The van der Waals surface area contributed by atoms with E-state index in [2.05, 4.69) is 5.32 Å². The van der Waals surface area contributed by atoms with Gasteiger partial charge in [0.2, 0.25) is 0 Å². The highest BCUT2D eigenvalue weighted by Gasteiger charge is 2.33. The number of nitriles is 1. The molecule has 3 aromatic rings. The zero-order valence-electron chi connectivity index (χ0n) is 20.7. The quantitative estimate of drug-likeness (QED) is 0.235. The molecule has 0 aliphatic carbocycles. The van der Waals surface area contributed by atoms with Gasteiger partial charge in [-0.25, -0.2) is 8.42 Å². The number of benzene rings is 3. The summed E-state index contributed by atoms with van der Waals surface area (Å²) >= 11 is 0. The fourth-order valence-corrected chi connectivity index (χ4v) is 4.70. The van der Waals surface area contributed by atoms with Crippen molar-refractivity contribution in [2.75, 3.05) is 11.6 Å². The molecule has 0 heterocycles. The Labute approximate surface area is 223 Å². The first-order valence-corrected chi connectivity index (χ1v) is 13.4. The fourth-order valence-electron chi connectivity index (χ4n) is 3.77. The van der Waals surface area contributed by atoms with Crippen LogP contribution in [0.15, 0.2) is 89.5 Å². The van der Waals surface area contributed by atoms with Crippen molar-refractivity contribution < 1.29 is 31.5 Å². The maximum absolute atomic E-state index is 13.0. The highest BCUT2D eigenvalue weighted by Crippen LogP contribution is 2.29. The van der Waals surface area contributed by atoms with Gasteiger partial charge in [0.05, 0.1) is 22.2 Å². The maximum atomic E-state index is 13.0. The Bertz CT molecular complexity index is 1580. The van der Waals surface area contributed by atoms with Crippen molar-refractivity contribution in [3.05, 3.63) is 107 Å². The van der Waals surface area contributed by atoms with Gasteiger partial charge >= 0.3 is 6.18 Å². The summed E-state index contributed by atoms with van der Waals surface area (Å²) in [5, 5.41) is 29.9. The molecular formula is C28H24F3N3O4S. The number of nitrogens with zero attached hydrogens (tertiary/aromatic N) is 1. The van der Waals surface area contributed by atoms with Crippen molar-refractivity contribution in [2.24, 2.45) is 0 Å². The third-order valence-corrected chi connectivity index (χ3v) is 6.86. The van der Waals surface area contributed by atoms with Crippen LogP contribution in [0.4, 0.5) is 18.9 Å². The van der Waals surface area contributed by atoms with Crippen LogP contribution in [-0.4, -0.2) is 37.5 Å². The number of aliphatic hydroxyl groups is 1. The molecule has 0 fully saturated rings. The molecule has 11 heteroatoms. The van der Waals surface area contributed by atoms with Gasteiger partial charge in [0.1, 0.15) is 11.8 Å². The summed E-state index contributed by atoms with van der Waals surface area (Å²) in [6.07, 6.45) is -4.94. The Balaban J connectivity index is 1.83. The summed E-state index contributed by atoms with van der Waals surface area (Å²) in [4.78, 5) is 12.9. The molecule has 0 aliphatic heterocycles. The number of Topliss-reactive ketones (excluding diaryl/α,β-unsaturated/α-hetero) is 1. The van der Waals surface area contributed by atoms with Gasteiger partial charge in [-0.15, -0.1) is 0 Å². The van der Waals surface area contributed by atoms with Crippen molar-refractivity contribution in [3.8, 4) is 6.07 Å². The monoisotopic (exact) mass is 555 g/mol. The van der Waals surface area contributed by atoms with E-state index >= 15 is 0 Å². The maximum Gasteiger partial charge on any atom is 0.432 e. The molecule has 0 saturated heterocycles. The number of anilines is 1. The Morgan fingerprint density at radius 3 is 2.46 bits per heavy atom. The minimum atomic E-state index is -4.96. The van der Waals surface area contributed by atoms with E-state index in [4.69, 9.17) is 10.7 Å². The van der Waals surface area contributed by atoms with E-state index < -0.39 is 39.3 Å². The van der Waals surface area contributed by atoms with E-state index in [0.717, 1.165) is 6.26 Å². The van der Waals surface area contributed by atoms with Crippen LogP contribution in [0.2, 0.25) is 0 Å². The van der Waals surface area contributed by atoms with Crippen molar-refractivity contribution in [2.45, 2.75) is 30.0 Å². The van der Waals surface area contributed by atoms with Gasteiger partial charge in [0, 0.05) is 23.9 Å². The van der Waals surface area contributed by atoms with Crippen LogP contribution in [-0.2, 0) is 21.1 Å². The minimum absolute atomic E-state index is 0.0217. The molecule has 1 atom stereocenters. The molecule has 3 N–H and O–H groups in total. The number of hydrogen-bond acceptors (Lipinski definition) is 7. The molecule has 0 spiro atoms. The van der Waals surface area contributed by atoms with Gasteiger partial charge in [-0.3, -0.25) is 10.2 Å². The number of nitrogens with one attached hydrogen (secondary N) is 2. The normalized spacial score (nSPS) is 12.9. The molecule has 0 aliphatic rings. The second kappa shape index (κ2) is 12.1. The Kier molecular flexibility index (Phi) is 9.06. The molecule has 3 rings (SSSR count). The standard InChI is InChI=1S/C28H24F3N3O4S/c1-39(37,38)25-11-3-2-10-22(25)27(36)20-8-4-6-18(14-20)12-13-24(35)23(16-26(33)28(29,30)31)34-21-9-5-7-19(15-21)17-32/h2-11,14-16,27,33-34,36H,12-13H2,1H3/b23-16-,33-26?. The first-order valence-electron chi connectivity index (χ1n) is 11.5. The van der Waals surface area contributed by atoms with E-state index in [9.17, 15) is 31.5 Å². The largest absolute Gasteiger partial charge is 0.432 e. The average molecular weight is 556 g/mol. The number of halogens is 3. The molecule has 0 bridgehead atoms. The third-order valence-electron chi connectivity index (χ3n) is 5.69. The van der Waals surface area contributed by atoms with Crippen LogP contribution < -0.4 is 5.32 Å². The first kappa shape index (κ1) is 29.3. The smallest absolute Gasteiger partial charge is 0.384 e. The Morgan fingerprint density at radius 2 is 1.79 bits per heavy atom. The molecule has 7 nitrogen and oxygen atoms in total. The summed E-state index contributed by atoms with van der Waals surface area (Å²) in [5.74, 6) is -0.709. The van der Waals surface area contributed by atoms with E-state index in [1.807, 2.05) is 6.07 Å². The van der Waals surface area contributed by atoms with Gasteiger partial charge in [0.25, 0.3) is 0 Å². The van der Waals surface area contributed by atoms with Crippen LogP contribution in [0.25, 0.3) is 0 Å². The molecule has 202 valence electrons. The van der Waals surface area contributed by atoms with Crippen molar-refractivity contribution >= 4 is 27.0 Å². The van der Waals surface area contributed by atoms with Crippen LogP contribution >= 0.6 is 0 Å². The molecule has 1 unspecified atom stereocenters.